The zero-order valence-corrected chi connectivity index (χ0v) is 11.5. The minimum absolute atomic E-state index is 0.288. The van der Waals surface area contributed by atoms with Gasteiger partial charge in [0.1, 0.15) is 0 Å². The van der Waals surface area contributed by atoms with E-state index in [1.165, 1.54) is 0 Å². The molecule has 0 radical (unpaired) electrons. The lowest BCUT2D eigenvalue weighted by Gasteiger charge is -2.08. The zero-order valence-electron chi connectivity index (χ0n) is 9.95. The van der Waals surface area contributed by atoms with Gasteiger partial charge in [-0.15, -0.1) is 0 Å². The standard InChI is InChI=1S/C14H11Cl2NO2/c15-10-4-11(16)6-12(5-10)17-7-9-1-2-13-14(3-9)19-8-18-13/h1-6,17H,7-8H2. The van der Waals surface area contributed by atoms with Crippen molar-refractivity contribution in [3.8, 4) is 11.5 Å². The molecule has 5 heteroatoms. The van der Waals surface area contributed by atoms with Crippen molar-refractivity contribution in [3.05, 3.63) is 52.0 Å². The summed E-state index contributed by atoms with van der Waals surface area (Å²) in [4.78, 5) is 0. The van der Waals surface area contributed by atoms with Crippen LogP contribution < -0.4 is 14.8 Å². The molecule has 0 spiro atoms. The van der Waals surface area contributed by atoms with E-state index in [9.17, 15) is 0 Å². The molecule has 0 bridgehead atoms. The summed E-state index contributed by atoms with van der Waals surface area (Å²) in [5.74, 6) is 1.57. The summed E-state index contributed by atoms with van der Waals surface area (Å²) in [5.41, 5.74) is 1.98. The molecule has 1 aliphatic heterocycles. The highest BCUT2D eigenvalue weighted by Crippen LogP contribution is 2.32. The van der Waals surface area contributed by atoms with E-state index in [-0.39, 0.29) is 6.79 Å². The number of halogens is 2. The van der Waals surface area contributed by atoms with Crippen LogP contribution in [0, 0.1) is 0 Å². The normalized spacial score (nSPS) is 12.5. The minimum Gasteiger partial charge on any atom is -0.454 e. The second-order valence-corrected chi connectivity index (χ2v) is 5.07. The average molecular weight is 296 g/mol. The van der Waals surface area contributed by atoms with Crippen molar-refractivity contribution in [2.75, 3.05) is 12.1 Å². The van der Waals surface area contributed by atoms with E-state index in [0.717, 1.165) is 22.7 Å². The van der Waals surface area contributed by atoms with Crippen LogP contribution in [0.15, 0.2) is 36.4 Å². The molecule has 0 aromatic heterocycles. The fraction of sp³-hybridized carbons (Fsp3) is 0.143. The Morgan fingerprint density at radius 2 is 1.68 bits per heavy atom. The minimum atomic E-state index is 0.288. The molecule has 0 unspecified atom stereocenters. The fourth-order valence-corrected chi connectivity index (χ4v) is 2.44. The maximum Gasteiger partial charge on any atom is 0.231 e. The fourth-order valence-electron chi connectivity index (χ4n) is 1.91. The Bertz CT molecular complexity index is 596. The van der Waals surface area contributed by atoms with Crippen LogP contribution in [0.1, 0.15) is 5.56 Å². The third-order valence-corrected chi connectivity index (χ3v) is 3.23. The van der Waals surface area contributed by atoms with E-state index in [4.69, 9.17) is 32.7 Å². The van der Waals surface area contributed by atoms with Gasteiger partial charge in [-0.3, -0.25) is 0 Å². The van der Waals surface area contributed by atoms with Gasteiger partial charge in [-0.05, 0) is 35.9 Å². The van der Waals surface area contributed by atoms with E-state index >= 15 is 0 Å². The Balaban J connectivity index is 1.72. The van der Waals surface area contributed by atoms with E-state index in [2.05, 4.69) is 5.32 Å². The Morgan fingerprint density at radius 1 is 0.947 bits per heavy atom. The molecule has 1 aliphatic rings. The predicted octanol–water partition coefficient (Wildman–Crippen LogP) is 4.33. The van der Waals surface area contributed by atoms with Crippen molar-refractivity contribution in [1.82, 2.24) is 0 Å². The molecule has 0 fully saturated rings. The van der Waals surface area contributed by atoms with Crippen LogP contribution in [0.5, 0.6) is 11.5 Å². The molecular weight excluding hydrogens is 285 g/mol. The van der Waals surface area contributed by atoms with Gasteiger partial charge < -0.3 is 14.8 Å². The average Bonchev–Trinajstić information content (AvgIpc) is 2.82. The van der Waals surface area contributed by atoms with Crippen molar-refractivity contribution in [2.45, 2.75) is 6.54 Å². The molecule has 0 aliphatic carbocycles. The highest BCUT2D eigenvalue weighted by molar-refractivity contribution is 6.35. The summed E-state index contributed by atoms with van der Waals surface area (Å²) in [5, 5.41) is 4.49. The number of anilines is 1. The summed E-state index contributed by atoms with van der Waals surface area (Å²) in [6.45, 7) is 0.948. The maximum absolute atomic E-state index is 5.95. The third-order valence-electron chi connectivity index (χ3n) is 2.80. The van der Waals surface area contributed by atoms with Gasteiger partial charge in [0.25, 0.3) is 0 Å². The van der Waals surface area contributed by atoms with Crippen molar-refractivity contribution in [1.29, 1.82) is 0 Å². The highest BCUT2D eigenvalue weighted by Gasteiger charge is 2.12. The summed E-state index contributed by atoms with van der Waals surface area (Å²) in [6.07, 6.45) is 0. The van der Waals surface area contributed by atoms with Crippen LogP contribution in [0.3, 0.4) is 0 Å². The highest BCUT2D eigenvalue weighted by atomic mass is 35.5. The summed E-state index contributed by atoms with van der Waals surface area (Å²) >= 11 is 11.9. The molecule has 2 aromatic carbocycles. The van der Waals surface area contributed by atoms with Gasteiger partial charge in [-0.1, -0.05) is 29.3 Å². The second kappa shape index (κ2) is 5.19. The molecular formula is C14H11Cl2NO2. The molecule has 2 aromatic rings. The Kier molecular flexibility index (Phi) is 3.40. The molecule has 0 amide bonds. The molecule has 3 nitrogen and oxygen atoms in total. The van der Waals surface area contributed by atoms with Crippen molar-refractivity contribution >= 4 is 28.9 Å². The molecule has 0 atom stereocenters. The number of benzene rings is 2. The van der Waals surface area contributed by atoms with Crippen LogP contribution in [0.4, 0.5) is 5.69 Å². The molecule has 98 valence electrons. The van der Waals surface area contributed by atoms with Crippen LogP contribution in [0.25, 0.3) is 0 Å². The number of ether oxygens (including phenoxy) is 2. The number of hydrogen-bond donors (Lipinski definition) is 1. The maximum atomic E-state index is 5.95. The largest absolute Gasteiger partial charge is 0.454 e. The molecule has 0 saturated carbocycles. The van der Waals surface area contributed by atoms with Crippen LogP contribution in [-0.4, -0.2) is 6.79 Å². The summed E-state index contributed by atoms with van der Waals surface area (Å²) < 4.78 is 10.6. The van der Waals surface area contributed by atoms with E-state index in [1.807, 2.05) is 30.3 Å². The molecule has 1 heterocycles. The van der Waals surface area contributed by atoms with E-state index < -0.39 is 0 Å². The lowest BCUT2D eigenvalue weighted by molar-refractivity contribution is 0.174. The monoisotopic (exact) mass is 295 g/mol. The van der Waals surface area contributed by atoms with E-state index in [1.54, 1.807) is 6.07 Å². The smallest absolute Gasteiger partial charge is 0.231 e. The second-order valence-electron chi connectivity index (χ2n) is 4.20. The van der Waals surface area contributed by atoms with E-state index in [0.29, 0.717) is 16.6 Å². The van der Waals surface area contributed by atoms with Crippen LogP contribution >= 0.6 is 23.2 Å². The Labute approximate surface area is 121 Å². The van der Waals surface area contributed by atoms with Gasteiger partial charge in [0.05, 0.1) is 0 Å². The Morgan fingerprint density at radius 3 is 2.47 bits per heavy atom. The SMILES string of the molecule is Clc1cc(Cl)cc(NCc2ccc3c(c2)OCO3)c1. The first-order chi connectivity index (χ1) is 9.20. The van der Waals surface area contributed by atoms with Gasteiger partial charge >= 0.3 is 0 Å². The molecule has 19 heavy (non-hydrogen) atoms. The molecule has 1 N–H and O–H groups in total. The quantitative estimate of drug-likeness (QED) is 0.914. The van der Waals surface area contributed by atoms with Crippen molar-refractivity contribution in [3.63, 3.8) is 0 Å². The summed E-state index contributed by atoms with van der Waals surface area (Å²) in [6, 6.07) is 11.2. The van der Waals surface area contributed by atoms with Crippen LogP contribution in [-0.2, 0) is 6.54 Å². The number of hydrogen-bond acceptors (Lipinski definition) is 3. The lowest BCUT2D eigenvalue weighted by Crippen LogP contribution is -1.99. The predicted molar refractivity (Wildman–Crippen MR) is 76.4 cm³/mol. The number of rotatable bonds is 3. The lowest BCUT2D eigenvalue weighted by atomic mass is 10.2. The van der Waals surface area contributed by atoms with Crippen LogP contribution in [0.2, 0.25) is 10.0 Å². The number of fused-ring (bicyclic) bond motifs is 1. The van der Waals surface area contributed by atoms with Gasteiger partial charge in [0.2, 0.25) is 6.79 Å². The van der Waals surface area contributed by atoms with Gasteiger partial charge in [-0.25, -0.2) is 0 Å². The zero-order chi connectivity index (χ0) is 13.2. The van der Waals surface area contributed by atoms with Gasteiger partial charge in [0.15, 0.2) is 11.5 Å². The first-order valence-electron chi connectivity index (χ1n) is 5.79. The molecule has 0 saturated heterocycles. The topological polar surface area (TPSA) is 30.5 Å². The first kappa shape index (κ1) is 12.5. The number of nitrogens with one attached hydrogen (secondary N) is 1. The first-order valence-corrected chi connectivity index (χ1v) is 6.55. The van der Waals surface area contributed by atoms with Crippen molar-refractivity contribution in [2.24, 2.45) is 0 Å². The molecule has 3 rings (SSSR count). The van der Waals surface area contributed by atoms with Gasteiger partial charge in [-0.2, -0.15) is 0 Å². The van der Waals surface area contributed by atoms with Crippen molar-refractivity contribution < 1.29 is 9.47 Å². The van der Waals surface area contributed by atoms with Gasteiger partial charge in [0, 0.05) is 22.3 Å². The summed E-state index contributed by atoms with van der Waals surface area (Å²) in [7, 11) is 0. The third kappa shape index (κ3) is 2.88. The Hall–Kier alpha value is -1.58.